The van der Waals surface area contributed by atoms with E-state index in [4.69, 9.17) is 26.8 Å². The van der Waals surface area contributed by atoms with E-state index in [0.717, 1.165) is 5.70 Å². The smallest absolute Gasteiger partial charge is 0.162 e. The molecule has 2 aliphatic rings. The van der Waals surface area contributed by atoms with Gasteiger partial charge in [0.2, 0.25) is 0 Å². The molecule has 0 saturated carbocycles. The summed E-state index contributed by atoms with van der Waals surface area (Å²) in [5, 5.41) is 10.4. The van der Waals surface area contributed by atoms with Gasteiger partial charge in [-0.25, -0.2) is 4.39 Å². The quantitative estimate of drug-likeness (QED) is 0.534. The Morgan fingerprint density at radius 2 is 2.00 bits per heavy atom. The van der Waals surface area contributed by atoms with Crippen LogP contribution >= 0.6 is 11.6 Å². The molecular weight excluding hydrogens is 481 g/mol. The fourth-order valence-electron chi connectivity index (χ4n) is 4.93. The zero-order valence-corrected chi connectivity index (χ0v) is 21.4. The number of nitriles is 1. The molecule has 0 amide bonds. The maximum Gasteiger partial charge on any atom is 0.162 e. The first-order valence-corrected chi connectivity index (χ1v) is 12.1. The van der Waals surface area contributed by atoms with Crippen molar-refractivity contribution in [2.45, 2.75) is 39.2 Å². The lowest BCUT2D eigenvalue weighted by molar-refractivity contribution is -0.118. The second kappa shape index (κ2) is 10.3. The van der Waals surface area contributed by atoms with Crippen LogP contribution in [0.1, 0.15) is 43.7 Å². The van der Waals surface area contributed by atoms with E-state index in [1.54, 1.807) is 43.5 Å². The number of hydrogen-bond donors (Lipinski definition) is 1. The molecule has 1 aliphatic carbocycles. The van der Waals surface area contributed by atoms with E-state index in [9.17, 15) is 14.4 Å². The van der Waals surface area contributed by atoms with Gasteiger partial charge in [0.25, 0.3) is 0 Å². The van der Waals surface area contributed by atoms with Crippen molar-refractivity contribution in [1.82, 2.24) is 4.90 Å². The molecule has 0 unspecified atom stereocenters. The van der Waals surface area contributed by atoms with Gasteiger partial charge in [-0.2, -0.15) is 5.26 Å². The normalized spacial score (nSPS) is 19.3. The summed E-state index contributed by atoms with van der Waals surface area (Å²) < 4.78 is 25.0. The largest absolute Gasteiger partial charge is 0.487 e. The molecule has 4 rings (SSSR count). The van der Waals surface area contributed by atoms with Crippen LogP contribution in [0.2, 0.25) is 5.02 Å². The molecule has 1 heterocycles. The van der Waals surface area contributed by atoms with Crippen molar-refractivity contribution in [3.05, 3.63) is 87.1 Å². The summed E-state index contributed by atoms with van der Waals surface area (Å²) in [5.41, 5.74) is 9.07. The molecule has 0 bridgehead atoms. The minimum atomic E-state index is -0.634. The van der Waals surface area contributed by atoms with Crippen molar-refractivity contribution in [3.63, 3.8) is 0 Å². The van der Waals surface area contributed by atoms with E-state index in [2.05, 4.69) is 19.9 Å². The number of halogens is 2. The molecule has 188 valence electrons. The summed E-state index contributed by atoms with van der Waals surface area (Å²) in [6, 6.07) is 13.8. The molecule has 2 aromatic rings. The van der Waals surface area contributed by atoms with E-state index < -0.39 is 5.92 Å². The van der Waals surface area contributed by atoms with Crippen LogP contribution in [0.25, 0.3) is 0 Å². The number of carbonyl (C=O) groups excluding carboxylic acids is 1. The highest BCUT2D eigenvalue weighted by molar-refractivity contribution is 6.32. The number of methoxy groups -OCH3 is 1. The van der Waals surface area contributed by atoms with Crippen LogP contribution in [0.5, 0.6) is 5.75 Å². The molecular formula is C28H29ClFN3O3. The topological polar surface area (TPSA) is 88.6 Å². The monoisotopic (exact) mass is 509 g/mol. The van der Waals surface area contributed by atoms with Crippen molar-refractivity contribution in [2.75, 3.05) is 20.3 Å². The molecule has 0 saturated heterocycles. The van der Waals surface area contributed by atoms with Gasteiger partial charge in [-0.3, -0.25) is 4.79 Å². The van der Waals surface area contributed by atoms with Gasteiger partial charge in [0.1, 0.15) is 24.0 Å². The first-order valence-electron chi connectivity index (χ1n) is 11.7. The van der Waals surface area contributed by atoms with E-state index in [0.29, 0.717) is 64.9 Å². The first kappa shape index (κ1) is 25.7. The van der Waals surface area contributed by atoms with Crippen molar-refractivity contribution >= 4 is 17.4 Å². The number of hydrogen-bond acceptors (Lipinski definition) is 6. The van der Waals surface area contributed by atoms with E-state index in [1.165, 1.54) is 6.07 Å². The summed E-state index contributed by atoms with van der Waals surface area (Å²) in [7, 11) is 1.60. The summed E-state index contributed by atoms with van der Waals surface area (Å²) >= 11 is 6.56. The average Bonchev–Trinajstić information content (AvgIpc) is 2.82. The zero-order chi connectivity index (χ0) is 26.0. The Bertz CT molecular complexity index is 1300. The highest BCUT2D eigenvalue weighted by atomic mass is 35.5. The van der Waals surface area contributed by atoms with Crippen LogP contribution in [-0.4, -0.2) is 30.9 Å². The third-order valence-corrected chi connectivity index (χ3v) is 6.93. The standard InChI is InChI=1S/C28H29ClFN3O3/c1-28(2)13-22-26(23(34)14-28)25(19(15-31)27(32)33(22)10-11-35-3)17-8-9-24(20(29)12-17)36-16-18-6-4-5-7-21(18)30/h4-9,12,25H,10-11,13-14,16,32H2,1-3H3/t25-/m0/s1. The lowest BCUT2D eigenvalue weighted by Gasteiger charge is -2.43. The molecule has 36 heavy (non-hydrogen) atoms. The molecule has 8 heteroatoms. The molecule has 0 fully saturated rings. The Kier molecular flexibility index (Phi) is 7.39. The van der Waals surface area contributed by atoms with Crippen LogP contribution in [0.15, 0.2) is 65.1 Å². The van der Waals surface area contributed by atoms with Gasteiger partial charge in [0, 0.05) is 36.9 Å². The molecule has 0 aromatic heterocycles. The summed E-state index contributed by atoms with van der Waals surface area (Å²) in [6.45, 7) is 4.96. The summed E-state index contributed by atoms with van der Waals surface area (Å²) in [5.74, 6) is -0.305. The third kappa shape index (κ3) is 4.97. The van der Waals surface area contributed by atoms with E-state index in [1.807, 2.05) is 4.90 Å². The van der Waals surface area contributed by atoms with Crippen LogP contribution < -0.4 is 10.5 Å². The number of ketones is 1. The fourth-order valence-corrected chi connectivity index (χ4v) is 5.17. The predicted molar refractivity (Wildman–Crippen MR) is 135 cm³/mol. The number of Topliss-reactive ketones (excluding diaryl/α,β-unsaturated/α-hetero) is 1. The Balaban J connectivity index is 1.73. The molecule has 1 atom stereocenters. The highest BCUT2D eigenvalue weighted by Crippen LogP contribution is 2.49. The average molecular weight is 510 g/mol. The molecule has 1 aliphatic heterocycles. The number of benzene rings is 2. The minimum Gasteiger partial charge on any atom is -0.487 e. The molecule has 2 N–H and O–H groups in total. The van der Waals surface area contributed by atoms with Crippen molar-refractivity contribution in [3.8, 4) is 11.8 Å². The molecule has 6 nitrogen and oxygen atoms in total. The van der Waals surface area contributed by atoms with E-state index >= 15 is 0 Å². The van der Waals surface area contributed by atoms with Gasteiger partial charge in [-0.15, -0.1) is 0 Å². The van der Waals surface area contributed by atoms with Gasteiger partial charge < -0.3 is 20.1 Å². The number of carbonyl (C=O) groups is 1. The Labute approximate surface area is 215 Å². The van der Waals surface area contributed by atoms with Crippen molar-refractivity contribution in [2.24, 2.45) is 11.1 Å². The number of rotatable bonds is 7. The lowest BCUT2D eigenvalue weighted by atomic mass is 9.68. The number of nitrogens with two attached hydrogens (primary N) is 1. The maximum atomic E-state index is 14.0. The lowest BCUT2D eigenvalue weighted by Crippen LogP contribution is -2.43. The van der Waals surface area contributed by atoms with Gasteiger partial charge in [-0.05, 0) is 35.6 Å². The summed E-state index contributed by atoms with van der Waals surface area (Å²) in [6.07, 6.45) is 1.02. The first-order chi connectivity index (χ1) is 17.2. The van der Waals surface area contributed by atoms with Gasteiger partial charge in [0.15, 0.2) is 5.78 Å². The van der Waals surface area contributed by atoms with Crippen LogP contribution in [-0.2, 0) is 16.1 Å². The van der Waals surface area contributed by atoms with Gasteiger partial charge in [0.05, 0.1) is 29.2 Å². The number of nitrogens with zero attached hydrogens (tertiary/aromatic N) is 2. The van der Waals surface area contributed by atoms with Crippen LogP contribution in [0, 0.1) is 22.6 Å². The number of ether oxygens (including phenoxy) is 2. The minimum absolute atomic E-state index is 0.00933. The van der Waals surface area contributed by atoms with Gasteiger partial charge in [-0.1, -0.05) is 49.7 Å². The van der Waals surface area contributed by atoms with Crippen molar-refractivity contribution in [1.29, 1.82) is 5.26 Å². The van der Waals surface area contributed by atoms with Crippen LogP contribution in [0.4, 0.5) is 4.39 Å². The Morgan fingerprint density at radius 3 is 2.67 bits per heavy atom. The maximum absolute atomic E-state index is 14.0. The SMILES string of the molecule is COCCN1C(N)=C(C#N)[C@H](c2ccc(OCc3ccccc3F)c(Cl)c2)C2=C1CC(C)(C)CC2=O. The Hall–Kier alpha value is -3.34. The second-order valence-electron chi connectivity index (χ2n) is 9.86. The van der Waals surface area contributed by atoms with Crippen LogP contribution in [0.3, 0.4) is 0 Å². The van der Waals surface area contributed by atoms with Gasteiger partial charge >= 0.3 is 0 Å². The highest BCUT2D eigenvalue weighted by Gasteiger charge is 2.44. The molecule has 2 aromatic carbocycles. The Morgan fingerprint density at radius 1 is 1.25 bits per heavy atom. The predicted octanol–water partition coefficient (Wildman–Crippen LogP) is 5.44. The number of allylic oxidation sites excluding steroid dienone is 3. The van der Waals surface area contributed by atoms with E-state index in [-0.39, 0.29) is 23.6 Å². The summed E-state index contributed by atoms with van der Waals surface area (Å²) in [4.78, 5) is 15.3. The van der Waals surface area contributed by atoms with Crippen molar-refractivity contribution < 1.29 is 18.7 Å². The molecule has 0 radical (unpaired) electrons. The zero-order valence-electron chi connectivity index (χ0n) is 20.6. The molecule has 0 spiro atoms. The fraction of sp³-hybridized carbons (Fsp3) is 0.357. The third-order valence-electron chi connectivity index (χ3n) is 6.64. The second-order valence-corrected chi connectivity index (χ2v) is 10.3.